The number of hydrogen-bond acceptors (Lipinski definition) is 4. The first-order valence-electron chi connectivity index (χ1n) is 8.30. The lowest BCUT2D eigenvalue weighted by Crippen LogP contribution is -2.41. The van der Waals surface area contributed by atoms with Crippen LogP contribution >= 0.6 is 22.5 Å². The maximum Gasteiger partial charge on any atom is 0.414 e. The van der Waals surface area contributed by atoms with Gasteiger partial charge in [-0.3, -0.25) is 0 Å². The van der Waals surface area contributed by atoms with Crippen LogP contribution in [0.4, 0.5) is 13.2 Å². The van der Waals surface area contributed by atoms with Crippen LogP contribution in [0.25, 0.3) is 0 Å². The first-order chi connectivity index (χ1) is 10.7. The Kier molecular flexibility index (Phi) is 7.03. The molecule has 2 aliphatic rings. The number of halogens is 3. The molecule has 5 atom stereocenters. The zero-order valence-electron chi connectivity index (χ0n) is 13.8. The van der Waals surface area contributed by atoms with Crippen molar-refractivity contribution in [3.8, 4) is 0 Å². The summed E-state index contributed by atoms with van der Waals surface area (Å²) >= 11 is 4.26. The van der Waals surface area contributed by atoms with Gasteiger partial charge in [0.05, 0.1) is 6.10 Å². The van der Waals surface area contributed by atoms with Gasteiger partial charge in [-0.15, -0.1) is 11.7 Å². The van der Waals surface area contributed by atoms with Crippen molar-refractivity contribution in [3.05, 3.63) is 0 Å². The van der Waals surface area contributed by atoms with E-state index < -0.39 is 12.3 Å². The highest BCUT2D eigenvalue weighted by atomic mass is 33.1. The fourth-order valence-corrected chi connectivity index (χ4v) is 5.25. The van der Waals surface area contributed by atoms with E-state index in [1.807, 2.05) is 0 Å². The van der Waals surface area contributed by atoms with Crippen molar-refractivity contribution in [2.45, 2.75) is 64.3 Å². The van der Waals surface area contributed by atoms with Gasteiger partial charge in [0.2, 0.25) is 0 Å². The molecule has 2 fully saturated rings. The zero-order chi connectivity index (χ0) is 17.1. The van der Waals surface area contributed by atoms with Gasteiger partial charge in [0.15, 0.2) is 6.10 Å². The largest absolute Gasteiger partial charge is 0.414 e. The molecule has 0 aliphatic carbocycles. The molecular weight excluding hydrogens is 345 g/mol. The third-order valence-electron chi connectivity index (χ3n) is 5.24. The molecule has 7 heteroatoms. The quantitative estimate of drug-likeness (QED) is 0.533. The van der Waals surface area contributed by atoms with Gasteiger partial charge in [0.1, 0.15) is 0 Å². The SMILES string of the molecule is CC(CC1CCOC(C(F)(F)F)C1)C1CC(C)(CSS)CCO1. The van der Waals surface area contributed by atoms with E-state index in [1.165, 1.54) is 0 Å². The van der Waals surface area contributed by atoms with Crippen molar-refractivity contribution < 1.29 is 22.6 Å². The summed E-state index contributed by atoms with van der Waals surface area (Å²) in [6, 6.07) is 0. The maximum absolute atomic E-state index is 12.8. The molecule has 2 heterocycles. The summed E-state index contributed by atoms with van der Waals surface area (Å²) in [4.78, 5) is 0. The van der Waals surface area contributed by atoms with Crippen molar-refractivity contribution in [1.29, 1.82) is 0 Å². The van der Waals surface area contributed by atoms with Gasteiger partial charge in [-0.05, 0) is 49.4 Å². The second-order valence-corrected chi connectivity index (χ2v) is 8.77. The Hall–Kier alpha value is 0.410. The highest BCUT2D eigenvalue weighted by Gasteiger charge is 2.44. The van der Waals surface area contributed by atoms with Gasteiger partial charge in [-0.2, -0.15) is 13.2 Å². The zero-order valence-corrected chi connectivity index (χ0v) is 15.5. The standard InChI is InChI=1S/C16H27F3O2S2/c1-11(13-9-15(2,10-23-22)4-6-20-13)7-12-3-5-21-14(8-12)16(17,18)19/h11-14,22H,3-10H2,1-2H3. The summed E-state index contributed by atoms with van der Waals surface area (Å²) in [7, 11) is 1.56. The van der Waals surface area contributed by atoms with Gasteiger partial charge in [-0.25, -0.2) is 0 Å². The summed E-state index contributed by atoms with van der Waals surface area (Å²) < 4.78 is 49.3. The van der Waals surface area contributed by atoms with Crippen LogP contribution in [-0.2, 0) is 9.47 Å². The smallest absolute Gasteiger partial charge is 0.378 e. The van der Waals surface area contributed by atoms with E-state index in [9.17, 15) is 13.2 Å². The Labute approximate surface area is 146 Å². The van der Waals surface area contributed by atoms with Crippen molar-refractivity contribution >= 4 is 22.5 Å². The Bertz CT molecular complexity index is 377. The molecule has 2 saturated heterocycles. The molecule has 0 N–H and O–H groups in total. The number of thiol groups is 1. The predicted molar refractivity (Wildman–Crippen MR) is 90.8 cm³/mol. The first-order valence-corrected chi connectivity index (χ1v) is 10.3. The Balaban J connectivity index is 1.87. The van der Waals surface area contributed by atoms with Crippen molar-refractivity contribution in [1.82, 2.24) is 0 Å². The van der Waals surface area contributed by atoms with E-state index in [4.69, 9.17) is 9.47 Å². The summed E-state index contributed by atoms with van der Waals surface area (Å²) in [5.41, 5.74) is 0.216. The minimum Gasteiger partial charge on any atom is -0.378 e. The van der Waals surface area contributed by atoms with Gasteiger partial charge < -0.3 is 9.47 Å². The molecule has 136 valence electrons. The maximum atomic E-state index is 12.8. The minimum atomic E-state index is -4.24. The Morgan fingerprint density at radius 2 is 2.04 bits per heavy atom. The lowest BCUT2D eigenvalue weighted by atomic mass is 9.76. The molecule has 0 aromatic rings. The second kappa shape index (κ2) is 8.19. The van der Waals surface area contributed by atoms with Crippen LogP contribution in [0.5, 0.6) is 0 Å². The summed E-state index contributed by atoms with van der Waals surface area (Å²) in [5.74, 6) is 1.33. The fourth-order valence-electron chi connectivity index (χ4n) is 3.74. The molecule has 0 bridgehead atoms. The predicted octanol–water partition coefficient (Wildman–Crippen LogP) is 5.13. The van der Waals surface area contributed by atoms with E-state index >= 15 is 0 Å². The summed E-state index contributed by atoms with van der Waals surface area (Å²) in [6.07, 6.45) is -2.12. The van der Waals surface area contributed by atoms with E-state index in [1.54, 1.807) is 10.8 Å². The summed E-state index contributed by atoms with van der Waals surface area (Å²) in [5, 5.41) is 0. The van der Waals surface area contributed by atoms with E-state index in [0.29, 0.717) is 6.42 Å². The topological polar surface area (TPSA) is 18.5 Å². The lowest BCUT2D eigenvalue weighted by Gasteiger charge is -2.41. The number of ether oxygens (including phenoxy) is 2. The van der Waals surface area contributed by atoms with Crippen LogP contribution in [0.3, 0.4) is 0 Å². The van der Waals surface area contributed by atoms with Crippen molar-refractivity contribution in [2.24, 2.45) is 17.3 Å². The molecule has 2 aliphatic heterocycles. The third-order valence-corrected chi connectivity index (χ3v) is 6.46. The molecule has 0 spiro atoms. The van der Waals surface area contributed by atoms with E-state index in [2.05, 4.69) is 25.5 Å². The van der Waals surface area contributed by atoms with Crippen LogP contribution in [0.15, 0.2) is 0 Å². The van der Waals surface area contributed by atoms with E-state index in [-0.39, 0.29) is 36.4 Å². The van der Waals surface area contributed by atoms with Crippen molar-refractivity contribution in [2.75, 3.05) is 19.0 Å². The average Bonchev–Trinajstić information content (AvgIpc) is 2.46. The molecule has 0 aromatic heterocycles. The second-order valence-electron chi connectivity index (χ2n) is 7.45. The van der Waals surface area contributed by atoms with Crippen molar-refractivity contribution in [3.63, 3.8) is 0 Å². The third kappa shape index (κ3) is 5.72. The fraction of sp³-hybridized carbons (Fsp3) is 1.00. The number of rotatable bonds is 5. The van der Waals surface area contributed by atoms with Crippen LogP contribution in [-0.4, -0.2) is 37.4 Å². The minimum absolute atomic E-state index is 0.0708. The van der Waals surface area contributed by atoms with Gasteiger partial charge in [0, 0.05) is 19.0 Å². The van der Waals surface area contributed by atoms with Crippen LogP contribution in [0.1, 0.15) is 46.0 Å². The summed E-state index contributed by atoms with van der Waals surface area (Å²) in [6.45, 7) is 5.31. The monoisotopic (exact) mass is 372 g/mol. The molecule has 0 saturated carbocycles. The van der Waals surface area contributed by atoms with Crippen LogP contribution in [0, 0.1) is 17.3 Å². The molecule has 0 radical (unpaired) electrons. The van der Waals surface area contributed by atoms with Gasteiger partial charge in [0.25, 0.3) is 0 Å². The highest BCUT2D eigenvalue weighted by Crippen LogP contribution is 2.41. The molecule has 5 unspecified atom stereocenters. The van der Waals surface area contributed by atoms with Gasteiger partial charge >= 0.3 is 6.18 Å². The molecule has 2 nitrogen and oxygen atoms in total. The number of alkyl halides is 3. The Morgan fingerprint density at radius 3 is 2.70 bits per heavy atom. The Morgan fingerprint density at radius 1 is 1.30 bits per heavy atom. The van der Waals surface area contributed by atoms with E-state index in [0.717, 1.165) is 31.6 Å². The normalized spacial score (nSPS) is 37.6. The lowest BCUT2D eigenvalue weighted by molar-refractivity contribution is -0.236. The number of hydrogen-bond donors (Lipinski definition) is 1. The molecule has 2 rings (SSSR count). The molecule has 0 amide bonds. The highest BCUT2D eigenvalue weighted by molar-refractivity contribution is 8.68. The molecule has 23 heavy (non-hydrogen) atoms. The van der Waals surface area contributed by atoms with Crippen LogP contribution < -0.4 is 0 Å². The van der Waals surface area contributed by atoms with Crippen LogP contribution in [0.2, 0.25) is 0 Å². The average molecular weight is 373 g/mol. The first kappa shape index (κ1) is 19.7. The molecular formula is C16H27F3O2S2. The molecule has 0 aromatic carbocycles. The van der Waals surface area contributed by atoms with Gasteiger partial charge in [-0.1, -0.05) is 24.6 Å².